The molecule has 0 amide bonds. The fraction of sp³-hybridized carbons (Fsp3) is 0.471. The summed E-state index contributed by atoms with van der Waals surface area (Å²) in [6, 6.07) is 6.30. The lowest BCUT2D eigenvalue weighted by Crippen LogP contribution is -2.21. The standard InChI is InChI=1S/C17H24N4O2/c1-11(13-6-7-15-16(8-13)23-10-22-15)18-9-14-12(2)19-21(5)17(14)20(3)4/h6-8,11,18H,9-10H2,1-5H3. The van der Waals surface area contributed by atoms with Crippen molar-refractivity contribution < 1.29 is 9.47 Å². The molecule has 1 atom stereocenters. The molecule has 0 spiro atoms. The highest BCUT2D eigenvalue weighted by Crippen LogP contribution is 2.34. The Hall–Kier alpha value is -2.21. The van der Waals surface area contributed by atoms with Crippen LogP contribution in [0.1, 0.15) is 29.8 Å². The second-order valence-corrected chi connectivity index (χ2v) is 6.12. The highest BCUT2D eigenvalue weighted by molar-refractivity contribution is 5.49. The van der Waals surface area contributed by atoms with Gasteiger partial charge in [-0.1, -0.05) is 6.07 Å². The maximum absolute atomic E-state index is 5.46. The van der Waals surface area contributed by atoms with Crippen molar-refractivity contribution in [2.75, 3.05) is 25.8 Å². The maximum Gasteiger partial charge on any atom is 0.231 e. The summed E-state index contributed by atoms with van der Waals surface area (Å²) in [4.78, 5) is 2.10. The van der Waals surface area contributed by atoms with Gasteiger partial charge in [-0.2, -0.15) is 5.10 Å². The zero-order valence-electron chi connectivity index (χ0n) is 14.4. The van der Waals surface area contributed by atoms with Gasteiger partial charge in [0.25, 0.3) is 0 Å². The van der Waals surface area contributed by atoms with Crippen LogP contribution in [0.15, 0.2) is 18.2 Å². The van der Waals surface area contributed by atoms with Crippen molar-refractivity contribution in [1.82, 2.24) is 15.1 Å². The van der Waals surface area contributed by atoms with Gasteiger partial charge in [-0.15, -0.1) is 0 Å². The lowest BCUT2D eigenvalue weighted by molar-refractivity contribution is 0.174. The third-order valence-electron chi connectivity index (χ3n) is 4.22. The Bertz CT molecular complexity index is 709. The molecular formula is C17H24N4O2. The number of benzene rings is 1. The second kappa shape index (κ2) is 6.12. The van der Waals surface area contributed by atoms with Crippen LogP contribution in [0.25, 0.3) is 0 Å². The summed E-state index contributed by atoms with van der Waals surface area (Å²) in [5.74, 6) is 2.77. The molecule has 1 unspecified atom stereocenters. The predicted octanol–water partition coefficient (Wildman–Crippen LogP) is 2.37. The molecule has 0 radical (unpaired) electrons. The largest absolute Gasteiger partial charge is 0.454 e. The van der Waals surface area contributed by atoms with E-state index in [1.807, 2.05) is 38.0 Å². The summed E-state index contributed by atoms with van der Waals surface area (Å²) in [7, 11) is 6.07. The number of aromatic nitrogens is 2. The van der Waals surface area contributed by atoms with E-state index in [2.05, 4.69) is 35.2 Å². The summed E-state index contributed by atoms with van der Waals surface area (Å²) in [6.07, 6.45) is 0. The Morgan fingerprint density at radius 1 is 1.30 bits per heavy atom. The first-order valence-electron chi connectivity index (χ1n) is 7.80. The van der Waals surface area contributed by atoms with E-state index in [-0.39, 0.29) is 6.04 Å². The van der Waals surface area contributed by atoms with Crippen LogP contribution in [0, 0.1) is 6.92 Å². The van der Waals surface area contributed by atoms with Gasteiger partial charge < -0.3 is 19.7 Å². The molecule has 1 aliphatic rings. The minimum absolute atomic E-state index is 0.208. The zero-order chi connectivity index (χ0) is 16.6. The molecule has 23 heavy (non-hydrogen) atoms. The van der Waals surface area contributed by atoms with Gasteiger partial charge in [0, 0.05) is 39.3 Å². The Balaban J connectivity index is 1.73. The minimum atomic E-state index is 0.208. The molecule has 2 heterocycles. The Labute approximate surface area is 137 Å². The molecule has 1 aromatic heterocycles. The Morgan fingerprint density at radius 2 is 2.04 bits per heavy atom. The van der Waals surface area contributed by atoms with Crippen molar-refractivity contribution in [3.05, 3.63) is 35.0 Å². The first-order valence-corrected chi connectivity index (χ1v) is 7.80. The number of ether oxygens (including phenoxy) is 2. The highest BCUT2D eigenvalue weighted by atomic mass is 16.7. The summed E-state index contributed by atoms with van der Waals surface area (Å²) < 4.78 is 12.7. The van der Waals surface area contributed by atoms with Crippen molar-refractivity contribution >= 4 is 5.82 Å². The molecule has 0 bridgehead atoms. The van der Waals surface area contributed by atoms with Gasteiger partial charge in [-0.05, 0) is 31.5 Å². The second-order valence-electron chi connectivity index (χ2n) is 6.12. The van der Waals surface area contributed by atoms with Crippen LogP contribution in [-0.4, -0.2) is 30.7 Å². The molecule has 0 saturated heterocycles. The highest BCUT2D eigenvalue weighted by Gasteiger charge is 2.18. The first kappa shape index (κ1) is 15.7. The molecule has 3 rings (SSSR count). The molecule has 124 valence electrons. The summed E-state index contributed by atoms with van der Waals surface area (Å²) >= 11 is 0. The number of rotatable bonds is 5. The monoisotopic (exact) mass is 316 g/mol. The smallest absolute Gasteiger partial charge is 0.231 e. The van der Waals surface area contributed by atoms with E-state index in [4.69, 9.17) is 9.47 Å². The molecule has 2 aromatic rings. The summed E-state index contributed by atoms with van der Waals surface area (Å²) in [5.41, 5.74) is 3.47. The molecule has 0 aliphatic carbocycles. The quantitative estimate of drug-likeness (QED) is 0.918. The van der Waals surface area contributed by atoms with Crippen molar-refractivity contribution in [2.45, 2.75) is 26.4 Å². The first-order chi connectivity index (χ1) is 11.0. The van der Waals surface area contributed by atoms with Crippen LogP contribution in [0.5, 0.6) is 11.5 Å². The molecule has 6 nitrogen and oxygen atoms in total. The molecule has 1 aromatic carbocycles. The molecule has 1 aliphatic heterocycles. The summed E-state index contributed by atoms with van der Waals surface area (Å²) in [6.45, 7) is 5.28. The van der Waals surface area contributed by atoms with Crippen LogP contribution in [0.2, 0.25) is 0 Å². The van der Waals surface area contributed by atoms with E-state index < -0.39 is 0 Å². The van der Waals surface area contributed by atoms with Crippen molar-refractivity contribution in [1.29, 1.82) is 0 Å². The molecule has 0 fully saturated rings. The maximum atomic E-state index is 5.46. The van der Waals surface area contributed by atoms with Gasteiger partial charge >= 0.3 is 0 Å². The average Bonchev–Trinajstić information content (AvgIpc) is 3.07. The number of anilines is 1. The van der Waals surface area contributed by atoms with Crippen molar-refractivity contribution in [3.63, 3.8) is 0 Å². The number of nitrogens with one attached hydrogen (secondary N) is 1. The van der Waals surface area contributed by atoms with Gasteiger partial charge in [0.15, 0.2) is 11.5 Å². The zero-order valence-corrected chi connectivity index (χ0v) is 14.4. The number of hydrogen-bond acceptors (Lipinski definition) is 5. The number of nitrogens with zero attached hydrogens (tertiary/aromatic N) is 3. The van der Waals surface area contributed by atoms with E-state index in [1.54, 1.807) is 0 Å². The van der Waals surface area contributed by atoms with E-state index in [0.29, 0.717) is 6.79 Å². The summed E-state index contributed by atoms with van der Waals surface area (Å²) in [5, 5.41) is 8.11. The lowest BCUT2D eigenvalue weighted by Gasteiger charge is -2.18. The van der Waals surface area contributed by atoms with Crippen LogP contribution in [0.3, 0.4) is 0 Å². The minimum Gasteiger partial charge on any atom is -0.454 e. The average molecular weight is 316 g/mol. The van der Waals surface area contributed by atoms with Crippen LogP contribution >= 0.6 is 0 Å². The SMILES string of the molecule is Cc1nn(C)c(N(C)C)c1CNC(C)c1ccc2c(c1)OCO2. The van der Waals surface area contributed by atoms with Gasteiger partial charge in [0.2, 0.25) is 6.79 Å². The predicted molar refractivity (Wildman–Crippen MR) is 90.1 cm³/mol. The van der Waals surface area contributed by atoms with E-state index in [9.17, 15) is 0 Å². The van der Waals surface area contributed by atoms with Gasteiger partial charge in [0.1, 0.15) is 5.82 Å². The Kier molecular flexibility index (Phi) is 4.17. The topological polar surface area (TPSA) is 51.6 Å². The normalized spacial score (nSPS) is 14.1. The van der Waals surface area contributed by atoms with Gasteiger partial charge in [-0.25, -0.2) is 0 Å². The van der Waals surface area contributed by atoms with Crippen LogP contribution < -0.4 is 19.7 Å². The van der Waals surface area contributed by atoms with Crippen molar-refractivity contribution in [2.24, 2.45) is 7.05 Å². The molecule has 6 heteroatoms. The van der Waals surface area contributed by atoms with E-state index in [1.165, 1.54) is 11.1 Å². The third-order valence-corrected chi connectivity index (χ3v) is 4.22. The number of fused-ring (bicyclic) bond motifs is 1. The Morgan fingerprint density at radius 3 is 2.78 bits per heavy atom. The van der Waals surface area contributed by atoms with E-state index >= 15 is 0 Å². The van der Waals surface area contributed by atoms with Crippen LogP contribution in [0.4, 0.5) is 5.82 Å². The number of hydrogen-bond donors (Lipinski definition) is 1. The third kappa shape index (κ3) is 2.99. The number of aryl methyl sites for hydroxylation is 2. The molecule has 0 saturated carbocycles. The van der Waals surface area contributed by atoms with Crippen LogP contribution in [-0.2, 0) is 13.6 Å². The van der Waals surface area contributed by atoms with Gasteiger partial charge in [0.05, 0.1) is 5.69 Å². The van der Waals surface area contributed by atoms with Gasteiger partial charge in [-0.3, -0.25) is 4.68 Å². The molecule has 1 N–H and O–H groups in total. The lowest BCUT2D eigenvalue weighted by atomic mass is 10.1. The molecular weight excluding hydrogens is 292 g/mol. The fourth-order valence-electron chi connectivity index (χ4n) is 3.01. The fourth-order valence-corrected chi connectivity index (χ4v) is 3.01. The van der Waals surface area contributed by atoms with Crippen molar-refractivity contribution in [3.8, 4) is 11.5 Å². The van der Waals surface area contributed by atoms with E-state index in [0.717, 1.165) is 29.6 Å².